The third kappa shape index (κ3) is 7.13. The molecule has 55 heavy (non-hydrogen) atoms. The van der Waals surface area contributed by atoms with Crippen molar-refractivity contribution in [2.75, 3.05) is 23.9 Å². The molecule has 4 aliphatic rings. The second kappa shape index (κ2) is 15.5. The van der Waals surface area contributed by atoms with Gasteiger partial charge in [0, 0.05) is 5.69 Å². The van der Waals surface area contributed by atoms with Gasteiger partial charge in [-0.25, -0.2) is 8.42 Å². The van der Waals surface area contributed by atoms with E-state index in [1.54, 1.807) is 17.0 Å². The molecular weight excluding hydrogens is 738 g/mol. The maximum Gasteiger partial charge on any atom is 0.236 e. The van der Waals surface area contributed by atoms with Crippen LogP contribution in [0, 0.1) is 5.41 Å². The Morgan fingerprint density at radius 1 is 0.691 bits per heavy atom. The number of sulfone groups is 1. The minimum atomic E-state index is -4.20. The van der Waals surface area contributed by atoms with Crippen molar-refractivity contribution >= 4 is 21.4 Å². The summed E-state index contributed by atoms with van der Waals surface area (Å²) in [5.41, 5.74) is 0.289. The molecular formula is C39H47NO14S. The highest BCUT2D eigenvalue weighted by Crippen LogP contribution is 2.61. The van der Waals surface area contributed by atoms with Gasteiger partial charge in [0.05, 0.1) is 40.9 Å². The fourth-order valence-electron chi connectivity index (χ4n) is 8.59. The molecule has 3 heterocycles. The zero-order chi connectivity index (χ0) is 39.3. The predicted octanol–water partition coefficient (Wildman–Crippen LogP) is -0.337. The van der Waals surface area contributed by atoms with Crippen LogP contribution in [0.1, 0.15) is 42.9 Å². The normalized spacial score (nSPS) is 38.1. The highest BCUT2D eigenvalue weighted by atomic mass is 32.2. The molecule has 7 rings (SSSR count). The third-order valence-corrected chi connectivity index (χ3v) is 13.5. The van der Waals surface area contributed by atoms with E-state index in [4.69, 9.17) is 14.2 Å². The van der Waals surface area contributed by atoms with Crippen molar-refractivity contribution in [1.82, 2.24) is 0 Å². The number of nitrogens with zero attached hydrogens (tertiary/aromatic N) is 1. The summed E-state index contributed by atoms with van der Waals surface area (Å²) >= 11 is 0. The Labute approximate surface area is 317 Å². The summed E-state index contributed by atoms with van der Waals surface area (Å²) in [6.45, 7) is -1.55. The minimum absolute atomic E-state index is 0.0650. The van der Waals surface area contributed by atoms with E-state index in [9.17, 15) is 54.1 Å². The number of carbonyl (C=O) groups excluding carboxylic acids is 1. The molecule has 16 heteroatoms. The molecule has 1 spiro atoms. The molecule has 3 aliphatic heterocycles. The first kappa shape index (κ1) is 39.9. The fraction of sp³-hybridized carbons (Fsp3) is 0.513. The molecule has 15 nitrogen and oxygen atoms in total. The Bertz CT molecular complexity index is 1890. The summed E-state index contributed by atoms with van der Waals surface area (Å²) in [4.78, 5) is 15.6. The van der Waals surface area contributed by atoms with Gasteiger partial charge in [-0.15, -0.1) is 0 Å². The Morgan fingerprint density at radius 3 is 1.87 bits per heavy atom. The van der Waals surface area contributed by atoms with Crippen molar-refractivity contribution < 1.29 is 68.3 Å². The van der Waals surface area contributed by atoms with Crippen LogP contribution in [0.5, 0.6) is 0 Å². The molecule has 1 amide bonds. The molecule has 3 aromatic rings. The molecule has 8 N–H and O–H groups in total. The van der Waals surface area contributed by atoms with E-state index in [-0.39, 0.29) is 10.8 Å². The topological polar surface area (TPSA) is 244 Å². The first-order valence-corrected chi connectivity index (χ1v) is 20.0. The van der Waals surface area contributed by atoms with Crippen molar-refractivity contribution in [3.05, 3.63) is 96.1 Å². The first-order valence-electron chi connectivity index (χ1n) is 18.3. The number of aliphatic hydroxyl groups is 8. The van der Waals surface area contributed by atoms with Crippen LogP contribution in [-0.2, 0) is 34.4 Å². The average Bonchev–Trinajstić information content (AvgIpc) is 3.20. The van der Waals surface area contributed by atoms with Crippen molar-refractivity contribution in [3.8, 4) is 0 Å². The van der Waals surface area contributed by atoms with E-state index >= 15 is 0 Å². The van der Waals surface area contributed by atoms with Gasteiger partial charge in [-0.3, -0.25) is 4.79 Å². The number of aliphatic hydroxyl groups excluding tert-OH is 7. The molecule has 3 aromatic carbocycles. The largest absolute Gasteiger partial charge is 0.394 e. The molecule has 1 aliphatic carbocycles. The summed E-state index contributed by atoms with van der Waals surface area (Å²) in [6.07, 6.45) is -15.0. The molecule has 4 fully saturated rings. The second-order valence-electron chi connectivity index (χ2n) is 15.0. The van der Waals surface area contributed by atoms with Gasteiger partial charge >= 0.3 is 0 Å². The Balaban J connectivity index is 1.08. The van der Waals surface area contributed by atoms with Gasteiger partial charge in [0.25, 0.3) is 0 Å². The van der Waals surface area contributed by atoms with Crippen molar-refractivity contribution in [2.45, 2.75) is 103 Å². The molecule has 298 valence electrons. The molecule has 0 bridgehead atoms. The van der Waals surface area contributed by atoms with Gasteiger partial charge in [0.15, 0.2) is 16.1 Å². The lowest BCUT2D eigenvalue weighted by molar-refractivity contribution is -0.341. The highest BCUT2D eigenvalue weighted by molar-refractivity contribution is 7.91. The molecule has 3 saturated heterocycles. The maximum atomic E-state index is 14.0. The summed E-state index contributed by atoms with van der Waals surface area (Å²) < 4.78 is 44.1. The van der Waals surface area contributed by atoms with Crippen LogP contribution < -0.4 is 4.90 Å². The van der Waals surface area contributed by atoms with Crippen LogP contribution in [-0.4, -0.2) is 135 Å². The van der Waals surface area contributed by atoms with Crippen LogP contribution in [0.4, 0.5) is 5.69 Å². The van der Waals surface area contributed by atoms with Gasteiger partial charge in [-0.05, 0) is 61.1 Å². The van der Waals surface area contributed by atoms with Crippen molar-refractivity contribution in [3.63, 3.8) is 0 Å². The summed E-state index contributed by atoms with van der Waals surface area (Å²) in [5.74, 6) is -0.863. The minimum Gasteiger partial charge on any atom is -0.394 e. The van der Waals surface area contributed by atoms with Crippen molar-refractivity contribution in [1.29, 1.82) is 0 Å². The summed E-state index contributed by atoms with van der Waals surface area (Å²) in [7, 11) is -4.20. The lowest BCUT2D eigenvalue weighted by Gasteiger charge is -2.59. The summed E-state index contributed by atoms with van der Waals surface area (Å²) in [5, 5.41) is 83.8. The molecule has 0 aromatic heterocycles. The number of hydrogen-bond acceptors (Lipinski definition) is 14. The lowest BCUT2D eigenvalue weighted by atomic mass is 9.56. The van der Waals surface area contributed by atoms with Crippen LogP contribution in [0.25, 0.3) is 0 Å². The third-order valence-electron chi connectivity index (χ3n) is 11.8. The fourth-order valence-corrected chi connectivity index (χ4v) is 10.0. The van der Waals surface area contributed by atoms with Crippen LogP contribution in [0.2, 0.25) is 0 Å². The van der Waals surface area contributed by atoms with E-state index in [0.29, 0.717) is 36.9 Å². The number of para-hydroxylation sites is 1. The molecule has 1 saturated carbocycles. The first-order chi connectivity index (χ1) is 26.2. The highest BCUT2D eigenvalue weighted by Gasteiger charge is 2.63. The van der Waals surface area contributed by atoms with E-state index < -0.39 is 107 Å². The standard InChI is InChI=1S/C39H47NO14S/c41-19-26-29(43)31(45)33(47)36(53-26)54-34-27(20-42)52-28(30(44)32(34)46)21-55(50,51)25-13-11-22(12-14-25)35-38(37(48)40(35)24-9-5-2-6-10-24)15-17-39(49,18-16-38)23-7-3-1-4-8-23/h1-14,26-36,41-47,49H,15-21H2/t26?,27?,28-,29+,30+,31?,32?,33-,34+,35+,36-,38?,39?/m0/s1. The van der Waals surface area contributed by atoms with Gasteiger partial charge in [0.2, 0.25) is 5.91 Å². The zero-order valence-corrected chi connectivity index (χ0v) is 30.6. The zero-order valence-electron chi connectivity index (χ0n) is 29.8. The molecule has 4 unspecified atom stereocenters. The number of rotatable bonds is 10. The maximum absolute atomic E-state index is 14.0. The number of β-lactam (4-membered cyclic amide) rings is 1. The second-order valence-corrected chi connectivity index (χ2v) is 17.0. The van der Waals surface area contributed by atoms with Gasteiger partial charge in [0.1, 0.15) is 54.9 Å². The monoisotopic (exact) mass is 785 g/mol. The van der Waals surface area contributed by atoms with E-state index in [1.165, 1.54) is 12.1 Å². The molecule has 0 radical (unpaired) electrons. The number of amides is 1. The van der Waals surface area contributed by atoms with Gasteiger partial charge in [-0.1, -0.05) is 60.7 Å². The van der Waals surface area contributed by atoms with Crippen molar-refractivity contribution in [2.24, 2.45) is 5.41 Å². The SMILES string of the molecule is O=C1N(c2ccccc2)[C@H](c2ccc(S(=O)(=O)C[C@@H]3OC(CO)[C@@H](O[C@@H]4OC(CO)[C@@H](O)C(O)[C@@H]4O)C(O)[C@@H]3O)cc2)C12CCC(O)(c1ccccc1)CC2. The number of anilines is 1. The quantitative estimate of drug-likeness (QED) is 0.123. The lowest BCUT2D eigenvalue weighted by Crippen LogP contribution is -2.65. The van der Waals surface area contributed by atoms with Crippen LogP contribution in [0.3, 0.4) is 0 Å². The van der Waals surface area contributed by atoms with Crippen LogP contribution >= 0.6 is 0 Å². The average molecular weight is 786 g/mol. The summed E-state index contributed by atoms with van der Waals surface area (Å²) in [6, 6.07) is 24.2. The van der Waals surface area contributed by atoms with E-state index in [0.717, 1.165) is 5.56 Å². The Hall–Kier alpha value is -3.36. The van der Waals surface area contributed by atoms with Gasteiger partial charge < -0.3 is 60.0 Å². The van der Waals surface area contributed by atoms with E-state index in [2.05, 4.69) is 0 Å². The number of carbonyl (C=O) groups is 1. The Morgan fingerprint density at radius 2 is 1.27 bits per heavy atom. The predicted molar refractivity (Wildman–Crippen MR) is 193 cm³/mol. The Kier molecular flexibility index (Phi) is 11.3. The smallest absolute Gasteiger partial charge is 0.236 e. The number of hydrogen-bond donors (Lipinski definition) is 8. The van der Waals surface area contributed by atoms with Gasteiger partial charge in [-0.2, -0.15) is 0 Å². The number of benzene rings is 3. The number of ether oxygens (including phenoxy) is 3. The molecule has 11 atom stereocenters. The van der Waals surface area contributed by atoms with Crippen LogP contribution in [0.15, 0.2) is 89.8 Å². The van der Waals surface area contributed by atoms with E-state index in [1.807, 2.05) is 60.7 Å².